The minimum atomic E-state index is 0.00932. The van der Waals surface area contributed by atoms with Crippen LogP contribution in [-0.4, -0.2) is 28.4 Å². The highest BCUT2D eigenvalue weighted by Crippen LogP contribution is 2.23. The fourth-order valence-corrected chi connectivity index (χ4v) is 3.26. The standard InChI is InChI=1S/C19H23N3O/c20-18-11-6-10-17(21-18)19(23)22-14-5-4-9-16(22)13-12-15-7-2-1-3-8-15/h1-3,6-8,10-11,16H,4-5,9,12-14H2,(H2,20,21)/t16-/m0/s1. The smallest absolute Gasteiger partial charge is 0.272 e. The van der Waals surface area contributed by atoms with Gasteiger partial charge in [0, 0.05) is 12.6 Å². The van der Waals surface area contributed by atoms with Gasteiger partial charge in [0.1, 0.15) is 11.5 Å². The molecule has 1 saturated heterocycles. The number of carbonyl (C=O) groups is 1. The minimum absolute atomic E-state index is 0.00932. The fraction of sp³-hybridized carbons (Fsp3) is 0.368. The Balaban J connectivity index is 1.69. The van der Waals surface area contributed by atoms with Crippen LogP contribution in [0.1, 0.15) is 41.7 Å². The summed E-state index contributed by atoms with van der Waals surface area (Å²) in [5.74, 6) is 0.406. The maximum atomic E-state index is 12.8. The molecule has 0 bridgehead atoms. The molecule has 2 aromatic rings. The van der Waals surface area contributed by atoms with Gasteiger partial charge in [0.15, 0.2) is 0 Å². The van der Waals surface area contributed by atoms with Crippen molar-refractivity contribution < 1.29 is 4.79 Å². The molecule has 1 aromatic heterocycles. The van der Waals surface area contributed by atoms with Crippen LogP contribution < -0.4 is 5.73 Å². The number of nitrogens with two attached hydrogens (primary N) is 1. The van der Waals surface area contributed by atoms with Crippen LogP contribution in [0.3, 0.4) is 0 Å². The highest BCUT2D eigenvalue weighted by atomic mass is 16.2. The van der Waals surface area contributed by atoms with Crippen LogP contribution in [0.4, 0.5) is 5.82 Å². The van der Waals surface area contributed by atoms with Gasteiger partial charge in [0.2, 0.25) is 0 Å². The van der Waals surface area contributed by atoms with Gasteiger partial charge in [0.05, 0.1) is 0 Å². The number of hydrogen-bond acceptors (Lipinski definition) is 3. The molecule has 4 nitrogen and oxygen atoms in total. The molecule has 3 rings (SSSR count). The molecule has 1 atom stereocenters. The highest BCUT2D eigenvalue weighted by Gasteiger charge is 2.27. The Bertz CT molecular complexity index is 657. The number of rotatable bonds is 4. The molecule has 1 aliphatic rings. The summed E-state index contributed by atoms with van der Waals surface area (Å²) < 4.78 is 0. The van der Waals surface area contributed by atoms with Gasteiger partial charge in [0.25, 0.3) is 5.91 Å². The molecule has 2 N–H and O–H groups in total. The van der Waals surface area contributed by atoms with E-state index in [-0.39, 0.29) is 5.91 Å². The third-order valence-corrected chi connectivity index (χ3v) is 4.49. The first kappa shape index (κ1) is 15.5. The number of aryl methyl sites for hydroxylation is 1. The number of pyridine rings is 1. The van der Waals surface area contributed by atoms with E-state index in [1.165, 1.54) is 12.0 Å². The Morgan fingerprint density at radius 2 is 1.96 bits per heavy atom. The molecule has 1 aromatic carbocycles. The fourth-order valence-electron chi connectivity index (χ4n) is 3.26. The molecule has 4 heteroatoms. The second-order valence-corrected chi connectivity index (χ2v) is 6.12. The van der Waals surface area contributed by atoms with Crippen molar-refractivity contribution in [3.8, 4) is 0 Å². The van der Waals surface area contributed by atoms with E-state index in [9.17, 15) is 4.79 Å². The lowest BCUT2D eigenvalue weighted by atomic mass is 9.95. The molecule has 120 valence electrons. The first-order valence-corrected chi connectivity index (χ1v) is 8.31. The average molecular weight is 309 g/mol. The van der Waals surface area contributed by atoms with Gasteiger partial charge in [-0.1, -0.05) is 36.4 Å². The van der Waals surface area contributed by atoms with Gasteiger partial charge >= 0.3 is 0 Å². The first-order chi connectivity index (χ1) is 11.2. The summed E-state index contributed by atoms with van der Waals surface area (Å²) in [6.07, 6.45) is 5.32. The molecule has 23 heavy (non-hydrogen) atoms. The number of amides is 1. The molecule has 0 spiro atoms. The topological polar surface area (TPSA) is 59.2 Å². The Labute approximate surface area is 137 Å². The van der Waals surface area contributed by atoms with Crippen molar-refractivity contribution in [2.75, 3.05) is 12.3 Å². The number of nitrogens with zero attached hydrogens (tertiary/aromatic N) is 2. The molecule has 0 aliphatic carbocycles. The molecule has 0 radical (unpaired) electrons. The molecule has 0 saturated carbocycles. The molecule has 1 amide bonds. The lowest BCUT2D eigenvalue weighted by Gasteiger charge is -2.35. The normalized spacial score (nSPS) is 17.9. The molecule has 1 aliphatic heterocycles. The highest BCUT2D eigenvalue weighted by molar-refractivity contribution is 5.92. The van der Waals surface area contributed by atoms with Crippen LogP contribution in [0.5, 0.6) is 0 Å². The molecular weight excluding hydrogens is 286 g/mol. The van der Waals surface area contributed by atoms with E-state index in [0.717, 1.165) is 32.2 Å². The average Bonchev–Trinajstić information content (AvgIpc) is 2.60. The van der Waals surface area contributed by atoms with Gasteiger partial charge in [-0.25, -0.2) is 4.98 Å². The van der Waals surface area contributed by atoms with Gasteiger partial charge in [-0.3, -0.25) is 4.79 Å². The number of aromatic nitrogens is 1. The summed E-state index contributed by atoms with van der Waals surface area (Å²) in [4.78, 5) is 19.0. The number of carbonyl (C=O) groups excluding carboxylic acids is 1. The maximum Gasteiger partial charge on any atom is 0.272 e. The van der Waals surface area contributed by atoms with Crippen molar-refractivity contribution in [1.29, 1.82) is 0 Å². The van der Waals surface area contributed by atoms with Crippen molar-refractivity contribution in [3.63, 3.8) is 0 Å². The van der Waals surface area contributed by atoms with Gasteiger partial charge in [-0.05, 0) is 49.8 Å². The summed E-state index contributed by atoms with van der Waals surface area (Å²) in [7, 11) is 0. The Hall–Kier alpha value is -2.36. The van der Waals surface area contributed by atoms with E-state index in [4.69, 9.17) is 5.73 Å². The van der Waals surface area contributed by atoms with Crippen molar-refractivity contribution in [2.45, 2.75) is 38.1 Å². The van der Waals surface area contributed by atoms with E-state index >= 15 is 0 Å². The zero-order valence-electron chi connectivity index (χ0n) is 13.3. The largest absolute Gasteiger partial charge is 0.384 e. The van der Waals surface area contributed by atoms with Crippen LogP contribution >= 0.6 is 0 Å². The van der Waals surface area contributed by atoms with Gasteiger partial charge in [-0.2, -0.15) is 0 Å². The minimum Gasteiger partial charge on any atom is -0.384 e. The van der Waals surface area contributed by atoms with Crippen LogP contribution in [0, 0.1) is 0 Å². The summed E-state index contributed by atoms with van der Waals surface area (Å²) in [6, 6.07) is 16.0. The Morgan fingerprint density at radius 1 is 1.13 bits per heavy atom. The van der Waals surface area contributed by atoms with Crippen LogP contribution in [0.15, 0.2) is 48.5 Å². The number of piperidine rings is 1. The lowest BCUT2D eigenvalue weighted by molar-refractivity contribution is 0.0596. The SMILES string of the molecule is Nc1cccc(C(=O)N2CCCC[C@H]2CCc2ccccc2)n1. The molecule has 1 fully saturated rings. The van der Waals surface area contributed by atoms with Crippen LogP contribution in [0.25, 0.3) is 0 Å². The maximum absolute atomic E-state index is 12.8. The van der Waals surface area contributed by atoms with E-state index in [0.29, 0.717) is 17.6 Å². The molecular formula is C19H23N3O. The van der Waals surface area contributed by atoms with Crippen molar-refractivity contribution in [3.05, 3.63) is 59.8 Å². The van der Waals surface area contributed by atoms with Gasteiger partial charge in [-0.15, -0.1) is 0 Å². The van der Waals surface area contributed by atoms with E-state index in [1.807, 2.05) is 11.0 Å². The van der Waals surface area contributed by atoms with E-state index in [2.05, 4.69) is 29.2 Å². The number of likely N-dealkylation sites (tertiary alicyclic amines) is 1. The Morgan fingerprint density at radius 3 is 2.74 bits per heavy atom. The van der Waals surface area contributed by atoms with Crippen molar-refractivity contribution >= 4 is 11.7 Å². The van der Waals surface area contributed by atoms with E-state index in [1.54, 1.807) is 18.2 Å². The summed E-state index contributed by atoms with van der Waals surface area (Å²) in [5, 5.41) is 0. The van der Waals surface area contributed by atoms with Crippen LogP contribution in [-0.2, 0) is 6.42 Å². The third-order valence-electron chi connectivity index (χ3n) is 4.49. The molecule has 0 unspecified atom stereocenters. The number of benzene rings is 1. The summed E-state index contributed by atoms with van der Waals surface area (Å²) in [6.45, 7) is 0.814. The number of nitrogen functional groups attached to an aromatic ring is 1. The third kappa shape index (κ3) is 3.89. The number of hydrogen-bond donors (Lipinski definition) is 1. The van der Waals surface area contributed by atoms with Crippen molar-refractivity contribution in [1.82, 2.24) is 9.88 Å². The predicted molar refractivity (Wildman–Crippen MR) is 92.1 cm³/mol. The monoisotopic (exact) mass is 309 g/mol. The van der Waals surface area contributed by atoms with Crippen molar-refractivity contribution in [2.24, 2.45) is 0 Å². The van der Waals surface area contributed by atoms with E-state index < -0.39 is 0 Å². The summed E-state index contributed by atoms with van der Waals surface area (Å²) in [5.41, 5.74) is 7.50. The lowest BCUT2D eigenvalue weighted by Crippen LogP contribution is -2.44. The van der Waals surface area contributed by atoms with Crippen LogP contribution in [0.2, 0.25) is 0 Å². The second-order valence-electron chi connectivity index (χ2n) is 6.12. The second kappa shape index (κ2) is 7.27. The summed E-state index contributed by atoms with van der Waals surface area (Å²) >= 11 is 0. The quantitative estimate of drug-likeness (QED) is 0.942. The zero-order chi connectivity index (χ0) is 16.1. The zero-order valence-corrected chi connectivity index (χ0v) is 13.3. The Kier molecular flexibility index (Phi) is 4.91. The molecule has 2 heterocycles. The number of anilines is 1. The predicted octanol–water partition coefficient (Wildman–Crippen LogP) is 3.29. The van der Waals surface area contributed by atoms with Gasteiger partial charge < -0.3 is 10.6 Å². The first-order valence-electron chi connectivity index (χ1n) is 8.31.